The van der Waals surface area contributed by atoms with Crippen LogP contribution in [0.15, 0.2) is 47.5 Å². The quantitative estimate of drug-likeness (QED) is 0.413. The Balaban J connectivity index is 2.00. The lowest BCUT2D eigenvalue weighted by Crippen LogP contribution is -2.43. The number of hydrogen-bond acceptors (Lipinski definition) is 4. The summed E-state index contributed by atoms with van der Waals surface area (Å²) in [6.45, 7) is 8.72. The molecular formula is C20H26N2O4S. The zero-order valence-electron chi connectivity index (χ0n) is 16.1. The van der Waals surface area contributed by atoms with Crippen molar-refractivity contribution < 1.29 is 17.9 Å². The number of rotatable bonds is 7. The molecule has 1 saturated heterocycles. The molecule has 1 aromatic carbocycles. The fourth-order valence-corrected chi connectivity index (χ4v) is 4.51. The molecule has 2 heterocycles. The minimum Gasteiger partial charge on any atom is -0.711 e. The molecule has 146 valence electrons. The molecule has 0 spiro atoms. The Bertz CT molecular complexity index is 904. The molecule has 1 atom stereocenters. The lowest BCUT2D eigenvalue weighted by Gasteiger charge is -2.22. The van der Waals surface area contributed by atoms with Crippen molar-refractivity contribution in [3.05, 3.63) is 58.9 Å². The Morgan fingerprint density at radius 2 is 1.78 bits per heavy atom. The fraction of sp³-hybridized carbons (Fsp3) is 0.450. The number of benzene rings is 1. The first-order chi connectivity index (χ1) is 12.7. The lowest BCUT2D eigenvalue weighted by atomic mass is 10.1. The predicted molar refractivity (Wildman–Crippen MR) is 104 cm³/mol. The Morgan fingerprint density at radius 1 is 1.15 bits per heavy atom. The highest BCUT2D eigenvalue weighted by Gasteiger charge is 2.34. The van der Waals surface area contributed by atoms with Gasteiger partial charge in [-0.25, -0.2) is 4.73 Å². The van der Waals surface area contributed by atoms with Crippen LogP contribution < -0.4 is 9.04 Å². The van der Waals surface area contributed by atoms with Gasteiger partial charge in [0.15, 0.2) is 0 Å². The maximum atomic E-state index is 13.3. The van der Waals surface area contributed by atoms with Gasteiger partial charge in [-0.2, -0.15) is 8.42 Å². The summed E-state index contributed by atoms with van der Waals surface area (Å²) in [5.41, 5.74) is 1.83. The first-order valence-electron chi connectivity index (χ1n) is 9.17. The topological polar surface area (TPSA) is 76.8 Å². The number of anilines is 1. The van der Waals surface area contributed by atoms with E-state index in [4.69, 9.17) is 4.74 Å². The van der Waals surface area contributed by atoms with E-state index >= 15 is 0 Å². The second-order valence-electron chi connectivity index (χ2n) is 7.62. The normalized spacial score (nSPS) is 16.7. The van der Waals surface area contributed by atoms with E-state index in [-0.39, 0.29) is 35.2 Å². The third-order valence-electron chi connectivity index (χ3n) is 4.54. The van der Waals surface area contributed by atoms with Crippen LogP contribution in [0.4, 0.5) is 5.82 Å². The summed E-state index contributed by atoms with van der Waals surface area (Å²) in [7, 11) is -3.86. The Morgan fingerprint density at radius 3 is 2.26 bits per heavy atom. The van der Waals surface area contributed by atoms with Crippen LogP contribution in [0, 0.1) is 11.1 Å². The van der Waals surface area contributed by atoms with Gasteiger partial charge in [0.05, 0.1) is 12.8 Å². The van der Waals surface area contributed by atoms with Crippen molar-refractivity contribution in [1.29, 1.82) is 0 Å². The van der Waals surface area contributed by atoms with Gasteiger partial charge in [0, 0.05) is 6.07 Å². The van der Waals surface area contributed by atoms with Gasteiger partial charge >= 0.3 is 10.0 Å². The largest absolute Gasteiger partial charge is 0.711 e. The number of pyridine rings is 1. The van der Waals surface area contributed by atoms with Crippen molar-refractivity contribution in [3.63, 3.8) is 0 Å². The zero-order valence-corrected chi connectivity index (χ0v) is 16.9. The summed E-state index contributed by atoms with van der Waals surface area (Å²) < 4.78 is 33.6. The molecule has 27 heavy (non-hydrogen) atoms. The number of nitrogens with zero attached hydrogens (tertiary/aromatic N) is 2. The third kappa shape index (κ3) is 4.25. The summed E-state index contributed by atoms with van der Waals surface area (Å²) in [6, 6.07) is 10.1. The zero-order chi connectivity index (χ0) is 19.8. The van der Waals surface area contributed by atoms with Crippen molar-refractivity contribution in [2.24, 2.45) is 5.92 Å². The monoisotopic (exact) mass is 390 g/mol. The summed E-state index contributed by atoms with van der Waals surface area (Å²) in [5.74, 6) is 0.359. The van der Waals surface area contributed by atoms with E-state index in [1.165, 1.54) is 10.5 Å². The van der Waals surface area contributed by atoms with Gasteiger partial charge in [0.1, 0.15) is 17.5 Å². The number of epoxide rings is 1. The van der Waals surface area contributed by atoms with Crippen molar-refractivity contribution in [1.82, 2.24) is 0 Å². The number of ether oxygens (including phenoxy) is 1. The fourth-order valence-electron chi connectivity index (χ4n) is 2.89. The number of hydrogen-bond donors (Lipinski definition) is 0. The first-order valence-corrected chi connectivity index (χ1v) is 10.6. The molecule has 1 fully saturated rings. The van der Waals surface area contributed by atoms with E-state index in [2.05, 4.69) is 0 Å². The summed E-state index contributed by atoms with van der Waals surface area (Å²) >= 11 is 0. The molecule has 1 unspecified atom stereocenters. The summed E-state index contributed by atoms with van der Waals surface area (Å²) in [5, 5.41) is 12.6. The van der Waals surface area contributed by atoms with Gasteiger partial charge in [0.2, 0.25) is 0 Å². The van der Waals surface area contributed by atoms with Gasteiger partial charge in [-0.05, 0) is 41.2 Å². The molecule has 3 rings (SSSR count). The van der Waals surface area contributed by atoms with Crippen LogP contribution in [0.3, 0.4) is 0 Å². The van der Waals surface area contributed by atoms with Gasteiger partial charge in [-0.1, -0.05) is 39.8 Å². The van der Waals surface area contributed by atoms with Gasteiger partial charge in [0.25, 0.3) is 5.82 Å². The molecule has 2 aromatic rings. The Kier molecular flexibility index (Phi) is 5.44. The second-order valence-corrected chi connectivity index (χ2v) is 9.48. The van der Waals surface area contributed by atoms with Crippen molar-refractivity contribution in [2.45, 2.75) is 44.6 Å². The second kappa shape index (κ2) is 7.48. The van der Waals surface area contributed by atoms with Crippen LogP contribution in [-0.4, -0.2) is 21.6 Å². The highest BCUT2D eigenvalue weighted by Crippen LogP contribution is 2.31. The molecule has 0 saturated carbocycles. The van der Waals surface area contributed by atoms with E-state index < -0.39 is 10.0 Å². The molecule has 0 amide bonds. The van der Waals surface area contributed by atoms with Crippen LogP contribution in [0.1, 0.15) is 50.8 Å². The maximum absolute atomic E-state index is 13.3. The number of aromatic nitrogens is 1. The lowest BCUT2D eigenvalue weighted by molar-refractivity contribution is -0.592. The van der Waals surface area contributed by atoms with Crippen LogP contribution in [0.5, 0.6) is 0 Å². The minimum absolute atomic E-state index is 0.0590. The van der Waals surface area contributed by atoms with Gasteiger partial charge in [-0.15, -0.1) is 4.31 Å². The molecule has 0 bridgehead atoms. The first kappa shape index (κ1) is 19.6. The third-order valence-corrected chi connectivity index (χ3v) is 6.33. The molecule has 7 heteroatoms. The highest BCUT2D eigenvalue weighted by molar-refractivity contribution is 7.92. The highest BCUT2D eigenvalue weighted by atomic mass is 32.2. The van der Waals surface area contributed by atoms with E-state index in [9.17, 15) is 13.6 Å². The van der Waals surface area contributed by atoms with E-state index in [0.717, 1.165) is 11.1 Å². The minimum atomic E-state index is -3.86. The van der Waals surface area contributed by atoms with E-state index in [0.29, 0.717) is 11.3 Å². The Labute approximate surface area is 161 Å². The molecule has 0 N–H and O–H groups in total. The average molecular weight is 391 g/mol. The van der Waals surface area contributed by atoms with Crippen molar-refractivity contribution in [3.8, 4) is 0 Å². The van der Waals surface area contributed by atoms with E-state index in [1.54, 1.807) is 30.3 Å². The average Bonchev–Trinajstić information content (AvgIpc) is 3.45. The van der Waals surface area contributed by atoms with Crippen molar-refractivity contribution in [2.75, 3.05) is 17.5 Å². The van der Waals surface area contributed by atoms with Crippen LogP contribution >= 0.6 is 0 Å². The SMILES string of the molecule is CC(C)CN(c1ccc(C(C)C)c[n+]1[O-])S(=O)(=O)c1ccc(C2CO2)cc1. The summed E-state index contributed by atoms with van der Waals surface area (Å²) in [6.07, 6.45) is 1.53. The molecule has 0 aliphatic carbocycles. The molecule has 1 aliphatic rings. The van der Waals surface area contributed by atoms with Crippen molar-refractivity contribution >= 4 is 15.8 Å². The van der Waals surface area contributed by atoms with Crippen LogP contribution in [-0.2, 0) is 14.8 Å². The van der Waals surface area contributed by atoms with Gasteiger partial charge < -0.3 is 9.94 Å². The molecule has 1 aliphatic heterocycles. The maximum Gasteiger partial charge on any atom is 0.331 e. The molecule has 0 radical (unpaired) electrons. The van der Waals surface area contributed by atoms with E-state index in [1.807, 2.05) is 33.8 Å². The summed E-state index contributed by atoms with van der Waals surface area (Å²) in [4.78, 5) is 0.167. The molecule has 1 aromatic heterocycles. The van der Waals surface area contributed by atoms with Crippen LogP contribution in [0.2, 0.25) is 0 Å². The van der Waals surface area contributed by atoms with Gasteiger partial charge in [-0.3, -0.25) is 0 Å². The standard InChI is InChI=1S/C20H26N2O4S/c1-14(2)11-22(20-10-7-17(15(3)4)12-21(20)23)27(24,25)18-8-5-16(6-9-18)19-13-26-19/h5-10,12,14-15,19H,11,13H2,1-4H3. The number of sulfonamides is 1. The predicted octanol–water partition coefficient (Wildman–Crippen LogP) is 3.37. The van der Waals surface area contributed by atoms with Crippen LogP contribution in [0.25, 0.3) is 0 Å². The molecule has 6 nitrogen and oxygen atoms in total. The smallest absolute Gasteiger partial charge is 0.331 e. The Hall–Kier alpha value is -2.12. The molecular weight excluding hydrogens is 364 g/mol.